The molecule has 0 unspecified atom stereocenters. The Morgan fingerprint density at radius 2 is 1.74 bits per heavy atom. The molecular formula is C23H25N3O4S4. The first kappa shape index (κ1) is 25.1. The first-order chi connectivity index (χ1) is 16.3. The number of nitrogens with zero attached hydrogens (tertiary/aromatic N) is 3. The van der Waals surface area contributed by atoms with Crippen molar-refractivity contribution in [3.8, 4) is 5.75 Å². The van der Waals surface area contributed by atoms with Crippen molar-refractivity contribution in [1.29, 1.82) is 0 Å². The molecule has 2 heterocycles. The number of hydrogen-bond acceptors (Lipinski definition) is 8. The van der Waals surface area contributed by atoms with E-state index in [1.807, 2.05) is 31.6 Å². The predicted octanol–water partition coefficient (Wildman–Crippen LogP) is 4.75. The number of aryl methyl sites for hydroxylation is 1. The van der Waals surface area contributed by atoms with Crippen molar-refractivity contribution in [1.82, 2.24) is 13.6 Å². The molecule has 1 saturated heterocycles. The SMILES string of the molecule is COc1ccc([C@H]2N(C(=O)c3c(SC)nsc3SC)CCN2S(=O)(=O)c2ccc(C)cc2)cc1. The van der Waals surface area contributed by atoms with E-state index in [1.165, 1.54) is 39.4 Å². The maximum absolute atomic E-state index is 13.8. The first-order valence-electron chi connectivity index (χ1n) is 10.4. The van der Waals surface area contributed by atoms with Gasteiger partial charge < -0.3 is 9.64 Å². The molecule has 0 saturated carbocycles. The lowest BCUT2D eigenvalue weighted by Crippen LogP contribution is -2.38. The van der Waals surface area contributed by atoms with Crippen LogP contribution in [0.1, 0.15) is 27.7 Å². The van der Waals surface area contributed by atoms with E-state index in [-0.39, 0.29) is 23.9 Å². The highest BCUT2D eigenvalue weighted by Gasteiger charge is 2.44. The van der Waals surface area contributed by atoms with E-state index in [9.17, 15) is 13.2 Å². The van der Waals surface area contributed by atoms with Crippen molar-refractivity contribution >= 4 is 51.0 Å². The molecule has 34 heavy (non-hydrogen) atoms. The van der Waals surface area contributed by atoms with Crippen molar-refractivity contribution in [3.63, 3.8) is 0 Å². The number of benzene rings is 2. The van der Waals surface area contributed by atoms with Gasteiger partial charge in [-0.1, -0.05) is 29.8 Å². The second-order valence-corrected chi connectivity index (χ2v) is 12.2. The molecule has 1 aromatic heterocycles. The number of carbonyl (C=O) groups excluding carboxylic acids is 1. The van der Waals surface area contributed by atoms with Crippen LogP contribution in [0.2, 0.25) is 0 Å². The van der Waals surface area contributed by atoms with Gasteiger partial charge in [-0.3, -0.25) is 4.79 Å². The number of hydrogen-bond donors (Lipinski definition) is 0. The van der Waals surface area contributed by atoms with Gasteiger partial charge >= 0.3 is 0 Å². The number of sulfonamides is 1. The highest BCUT2D eigenvalue weighted by atomic mass is 32.2. The third-order valence-electron chi connectivity index (χ3n) is 5.65. The average Bonchev–Trinajstić information content (AvgIpc) is 3.48. The van der Waals surface area contributed by atoms with Crippen LogP contribution >= 0.6 is 35.1 Å². The number of carbonyl (C=O) groups is 1. The highest BCUT2D eigenvalue weighted by Crippen LogP contribution is 2.40. The fraction of sp³-hybridized carbons (Fsp3) is 0.304. The van der Waals surface area contributed by atoms with Crippen molar-refractivity contribution in [3.05, 3.63) is 65.2 Å². The van der Waals surface area contributed by atoms with Gasteiger partial charge in [-0.2, -0.15) is 8.68 Å². The van der Waals surface area contributed by atoms with Gasteiger partial charge in [0.1, 0.15) is 16.9 Å². The van der Waals surface area contributed by atoms with Crippen molar-refractivity contribution in [2.45, 2.75) is 27.2 Å². The number of rotatable bonds is 7. The zero-order chi connectivity index (χ0) is 24.5. The van der Waals surface area contributed by atoms with E-state index in [0.717, 1.165) is 9.77 Å². The van der Waals surface area contributed by atoms with E-state index in [2.05, 4.69) is 4.37 Å². The molecule has 4 rings (SSSR count). The maximum atomic E-state index is 13.8. The van der Waals surface area contributed by atoms with Crippen LogP contribution in [-0.4, -0.2) is 60.6 Å². The molecule has 1 amide bonds. The zero-order valence-corrected chi connectivity index (χ0v) is 22.5. The third kappa shape index (κ3) is 4.59. The summed E-state index contributed by atoms with van der Waals surface area (Å²) in [5.74, 6) is 0.439. The number of ether oxygens (including phenoxy) is 1. The van der Waals surface area contributed by atoms with E-state index in [0.29, 0.717) is 21.9 Å². The smallest absolute Gasteiger partial charge is 0.260 e. The standard InChI is InChI=1S/C23H25N3O4S4/c1-15-5-11-18(12-6-15)34(28,29)26-14-13-25(21(26)16-7-9-17(30-2)10-8-16)22(27)19-20(31-3)24-33-23(19)32-4/h5-12,21H,13-14H2,1-4H3/t21-/m0/s1. The predicted molar refractivity (Wildman–Crippen MR) is 138 cm³/mol. The minimum Gasteiger partial charge on any atom is -0.497 e. The molecule has 180 valence electrons. The quantitative estimate of drug-likeness (QED) is 0.404. The summed E-state index contributed by atoms with van der Waals surface area (Å²) in [6.45, 7) is 2.38. The van der Waals surface area contributed by atoms with Crippen molar-refractivity contribution in [2.24, 2.45) is 0 Å². The molecule has 0 bridgehead atoms. The van der Waals surface area contributed by atoms with Gasteiger partial charge in [0.15, 0.2) is 0 Å². The van der Waals surface area contributed by atoms with Gasteiger partial charge in [0.05, 0.1) is 21.8 Å². The summed E-state index contributed by atoms with van der Waals surface area (Å²) in [6.07, 6.45) is 3.01. The molecule has 1 aliphatic heterocycles. The Morgan fingerprint density at radius 3 is 2.32 bits per heavy atom. The first-order valence-corrected chi connectivity index (χ1v) is 15.1. The summed E-state index contributed by atoms with van der Waals surface area (Å²) in [5, 5.41) is 0.660. The molecule has 1 atom stereocenters. The number of aromatic nitrogens is 1. The molecule has 1 aliphatic rings. The van der Waals surface area contributed by atoms with Crippen LogP contribution in [0, 0.1) is 6.92 Å². The molecule has 0 N–H and O–H groups in total. The monoisotopic (exact) mass is 535 g/mol. The fourth-order valence-electron chi connectivity index (χ4n) is 3.90. The van der Waals surface area contributed by atoms with Gasteiger partial charge in [0.2, 0.25) is 10.0 Å². The minimum absolute atomic E-state index is 0.194. The van der Waals surface area contributed by atoms with Crippen LogP contribution in [0.25, 0.3) is 0 Å². The Kier molecular flexibility index (Phi) is 7.58. The Morgan fingerprint density at radius 1 is 1.06 bits per heavy atom. The normalized spacial score (nSPS) is 16.7. The summed E-state index contributed by atoms with van der Waals surface area (Å²) < 4.78 is 39.3. The molecule has 7 nitrogen and oxygen atoms in total. The molecule has 0 aliphatic carbocycles. The molecule has 0 spiro atoms. The van der Waals surface area contributed by atoms with E-state index in [1.54, 1.807) is 48.4 Å². The maximum Gasteiger partial charge on any atom is 0.260 e. The van der Waals surface area contributed by atoms with Crippen LogP contribution in [0.4, 0.5) is 0 Å². The van der Waals surface area contributed by atoms with Crippen molar-refractivity contribution < 1.29 is 17.9 Å². The summed E-state index contributed by atoms with van der Waals surface area (Å²) in [6, 6.07) is 14.0. The van der Waals surface area contributed by atoms with E-state index < -0.39 is 16.2 Å². The highest BCUT2D eigenvalue weighted by molar-refractivity contribution is 8.01. The van der Waals surface area contributed by atoms with Gasteiger partial charge in [-0.15, -0.1) is 23.5 Å². The molecule has 0 radical (unpaired) electrons. The zero-order valence-electron chi connectivity index (χ0n) is 19.2. The topological polar surface area (TPSA) is 79.8 Å². The fourth-order valence-corrected chi connectivity index (χ4v) is 7.74. The lowest BCUT2D eigenvalue weighted by molar-refractivity contribution is 0.0687. The molecular weight excluding hydrogens is 511 g/mol. The Bertz CT molecular complexity index is 1250. The third-order valence-corrected chi connectivity index (χ3v) is 10.3. The molecule has 2 aromatic carbocycles. The lowest BCUT2D eigenvalue weighted by atomic mass is 10.1. The second kappa shape index (κ2) is 10.3. The van der Waals surface area contributed by atoms with Crippen molar-refractivity contribution in [2.75, 3.05) is 32.7 Å². The van der Waals surface area contributed by atoms with E-state index in [4.69, 9.17) is 4.74 Å². The Balaban J connectivity index is 1.80. The van der Waals surface area contributed by atoms with Gasteiger partial charge in [-0.05, 0) is 60.8 Å². The van der Waals surface area contributed by atoms with E-state index >= 15 is 0 Å². The minimum atomic E-state index is -3.85. The van der Waals surface area contributed by atoms with Crippen LogP contribution in [-0.2, 0) is 10.0 Å². The van der Waals surface area contributed by atoms with Gasteiger partial charge in [-0.25, -0.2) is 8.42 Å². The van der Waals surface area contributed by atoms with Crippen LogP contribution in [0.3, 0.4) is 0 Å². The Hall–Kier alpha value is -2.05. The summed E-state index contributed by atoms with van der Waals surface area (Å²) in [7, 11) is -2.27. The summed E-state index contributed by atoms with van der Waals surface area (Å²) in [5.41, 5.74) is 2.21. The van der Waals surface area contributed by atoms with Gasteiger partial charge in [0.25, 0.3) is 5.91 Å². The summed E-state index contributed by atoms with van der Waals surface area (Å²) in [4.78, 5) is 15.7. The lowest BCUT2D eigenvalue weighted by Gasteiger charge is -2.30. The number of amides is 1. The largest absolute Gasteiger partial charge is 0.497 e. The molecule has 1 fully saturated rings. The summed E-state index contributed by atoms with van der Waals surface area (Å²) >= 11 is 4.18. The number of methoxy groups -OCH3 is 1. The molecule has 3 aromatic rings. The van der Waals surface area contributed by atoms with Crippen LogP contribution in [0.15, 0.2) is 62.7 Å². The second-order valence-electron chi connectivity index (χ2n) is 7.63. The van der Waals surface area contributed by atoms with Crippen LogP contribution in [0.5, 0.6) is 5.75 Å². The van der Waals surface area contributed by atoms with Crippen LogP contribution < -0.4 is 4.74 Å². The Labute approximate surface area is 212 Å². The number of thioether (sulfide) groups is 2. The van der Waals surface area contributed by atoms with Gasteiger partial charge in [0, 0.05) is 13.1 Å². The molecule has 11 heteroatoms. The average molecular weight is 536 g/mol.